The van der Waals surface area contributed by atoms with Gasteiger partial charge in [-0.05, 0) is 74.4 Å². The fourth-order valence-corrected chi connectivity index (χ4v) is 5.82. The van der Waals surface area contributed by atoms with Crippen LogP contribution in [0.1, 0.15) is 60.0 Å². The second-order valence-corrected chi connectivity index (χ2v) is 11.3. The number of nitrogens with one attached hydrogen (secondary N) is 2. The maximum atomic E-state index is 13.6. The van der Waals surface area contributed by atoms with Crippen molar-refractivity contribution in [1.82, 2.24) is 29.9 Å². The molecule has 0 spiro atoms. The first-order valence-electron chi connectivity index (χ1n) is 14.5. The van der Waals surface area contributed by atoms with Gasteiger partial charge in [-0.3, -0.25) is 19.0 Å². The molecule has 3 heterocycles. The normalized spacial score (nSPS) is 17.5. The number of nitrogens with zero attached hydrogens (tertiary/aromatic N) is 5. The molecule has 1 fully saturated rings. The summed E-state index contributed by atoms with van der Waals surface area (Å²) in [5.74, 6) is 1.37. The van der Waals surface area contributed by atoms with E-state index in [1.165, 1.54) is 4.68 Å². The van der Waals surface area contributed by atoms with Crippen LogP contribution in [0.4, 0.5) is 5.82 Å². The molecule has 0 saturated heterocycles. The maximum absolute atomic E-state index is 13.6. The highest BCUT2D eigenvalue weighted by Gasteiger charge is 2.33. The zero-order valence-electron chi connectivity index (χ0n) is 24.9. The Morgan fingerprint density at radius 3 is 2.40 bits per heavy atom. The molecule has 10 heteroatoms. The van der Waals surface area contributed by atoms with E-state index in [0.29, 0.717) is 24.0 Å². The quantitative estimate of drug-likeness (QED) is 0.296. The topological polar surface area (TPSA) is 116 Å². The Morgan fingerprint density at radius 1 is 1.05 bits per heavy atom. The smallest absolute Gasteiger partial charge is 0.270 e. The SMILES string of the molecule is COc1ccc(Cn2nc(C)c(-c3ccc(NC(=O)[C@@H](NC(=O)c4ccnn4C)C4CCC(C)CC4)nc3)c2C)cc1. The predicted octanol–water partition coefficient (Wildman–Crippen LogP) is 4.92. The Labute approximate surface area is 246 Å². The highest BCUT2D eigenvalue weighted by molar-refractivity contribution is 6.00. The summed E-state index contributed by atoms with van der Waals surface area (Å²) in [5, 5.41) is 14.8. The number of carbonyl (C=O) groups is 2. The second kappa shape index (κ2) is 12.6. The average molecular weight is 570 g/mol. The number of rotatable bonds is 9. The number of hydrogen-bond donors (Lipinski definition) is 2. The first kappa shape index (κ1) is 29.0. The lowest BCUT2D eigenvalue weighted by Gasteiger charge is -2.32. The third-order valence-corrected chi connectivity index (χ3v) is 8.33. The van der Waals surface area contributed by atoms with E-state index in [-0.39, 0.29) is 17.7 Å². The summed E-state index contributed by atoms with van der Waals surface area (Å²) < 4.78 is 8.76. The number of carbonyl (C=O) groups excluding carboxylic acids is 2. The summed E-state index contributed by atoms with van der Waals surface area (Å²) in [4.78, 5) is 31.1. The summed E-state index contributed by atoms with van der Waals surface area (Å²) in [6.45, 7) is 6.92. The minimum Gasteiger partial charge on any atom is -0.497 e. The van der Waals surface area contributed by atoms with Crippen LogP contribution in [0.5, 0.6) is 5.75 Å². The number of hydrogen-bond acceptors (Lipinski definition) is 6. The molecule has 0 unspecified atom stereocenters. The molecule has 0 radical (unpaired) electrons. The van der Waals surface area contributed by atoms with Crippen LogP contribution < -0.4 is 15.4 Å². The highest BCUT2D eigenvalue weighted by atomic mass is 16.5. The Kier molecular flexibility index (Phi) is 8.70. The molecule has 0 aliphatic heterocycles. The van der Waals surface area contributed by atoms with Crippen LogP contribution >= 0.6 is 0 Å². The van der Waals surface area contributed by atoms with Gasteiger partial charge in [-0.2, -0.15) is 10.2 Å². The van der Waals surface area contributed by atoms with Gasteiger partial charge in [-0.25, -0.2) is 4.98 Å². The van der Waals surface area contributed by atoms with Gasteiger partial charge in [-0.1, -0.05) is 31.9 Å². The van der Waals surface area contributed by atoms with E-state index in [0.717, 1.165) is 59.5 Å². The molecule has 3 aromatic heterocycles. The van der Waals surface area contributed by atoms with Crippen molar-refractivity contribution in [3.63, 3.8) is 0 Å². The van der Waals surface area contributed by atoms with E-state index in [4.69, 9.17) is 9.84 Å². The lowest BCUT2D eigenvalue weighted by Crippen LogP contribution is -2.49. The summed E-state index contributed by atoms with van der Waals surface area (Å²) >= 11 is 0. The molecule has 2 N–H and O–H groups in total. The van der Waals surface area contributed by atoms with Gasteiger partial charge < -0.3 is 15.4 Å². The third-order valence-electron chi connectivity index (χ3n) is 8.33. The number of pyridine rings is 1. The fraction of sp³-hybridized carbons (Fsp3) is 0.406. The molecule has 42 heavy (non-hydrogen) atoms. The zero-order chi connectivity index (χ0) is 29.8. The minimum atomic E-state index is -0.665. The van der Waals surface area contributed by atoms with Crippen molar-refractivity contribution >= 4 is 17.6 Å². The van der Waals surface area contributed by atoms with Gasteiger partial charge in [0, 0.05) is 36.3 Å². The van der Waals surface area contributed by atoms with Crippen molar-refractivity contribution in [3.05, 3.63) is 77.5 Å². The molecule has 2 amide bonds. The lowest BCUT2D eigenvalue weighted by molar-refractivity contribution is -0.119. The van der Waals surface area contributed by atoms with E-state index in [9.17, 15) is 9.59 Å². The van der Waals surface area contributed by atoms with Crippen molar-refractivity contribution in [2.24, 2.45) is 18.9 Å². The van der Waals surface area contributed by atoms with Crippen molar-refractivity contribution in [2.45, 2.75) is 59.0 Å². The number of anilines is 1. The Hall–Kier alpha value is -4.47. The molecule has 0 bridgehead atoms. The highest BCUT2D eigenvalue weighted by Crippen LogP contribution is 2.32. The van der Waals surface area contributed by atoms with E-state index in [1.54, 1.807) is 38.7 Å². The number of aryl methyl sites for hydroxylation is 2. The van der Waals surface area contributed by atoms with E-state index >= 15 is 0 Å². The molecular weight excluding hydrogens is 530 g/mol. The molecule has 1 saturated carbocycles. The van der Waals surface area contributed by atoms with Crippen LogP contribution in [-0.4, -0.2) is 49.5 Å². The van der Waals surface area contributed by atoms with Gasteiger partial charge in [0.2, 0.25) is 5.91 Å². The lowest BCUT2D eigenvalue weighted by atomic mass is 9.79. The number of ether oxygens (including phenoxy) is 1. The molecule has 1 aliphatic rings. The monoisotopic (exact) mass is 569 g/mol. The standard InChI is InChI=1S/C32H39N7O3/c1-20-6-10-24(11-7-20)30(36-31(40)27-16-17-34-38(27)4)32(41)35-28-15-12-25(18-33-28)29-21(2)37-39(22(29)3)19-23-8-13-26(42-5)14-9-23/h8-9,12-18,20,24,30H,6-7,10-11,19H2,1-5H3,(H,36,40)(H,33,35,41)/t20?,24?,30-/m0/s1. The van der Waals surface area contributed by atoms with Crippen LogP contribution in [0, 0.1) is 25.7 Å². The van der Waals surface area contributed by atoms with Crippen LogP contribution in [0.15, 0.2) is 54.9 Å². The summed E-state index contributed by atoms with van der Waals surface area (Å²) in [6.07, 6.45) is 7.17. The van der Waals surface area contributed by atoms with Gasteiger partial charge in [-0.15, -0.1) is 0 Å². The van der Waals surface area contributed by atoms with E-state index in [2.05, 4.69) is 34.6 Å². The first-order valence-corrected chi connectivity index (χ1v) is 14.5. The number of aromatic nitrogens is 5. The maximum Gasteiger partial charge on any atom is 0.270 e. The summed E-state index contributed by atoms with van der Waals surface area (Å²) in [7, 11) is 3.37. The summed E-state index contributed by atoms with van der Waals surface area (Å²) in [5.41, 5.74) is 5.42. The van der Waals surface area contributed by atoms with E-state index in [1.807, 2.05) is 41.9 Å². The van der Waals surface area contributed by atoms with Crippen LogP contribution in [0.2, 0.25) is 0 Å². The van der Waals surface area contributed by atoms with Gasteiger partial charge in [0.15, 0.2) is 0 Å². The first-order chi connectivity index (χ1) is 20.2. The van der Waals surface area contributed by atoms with Crippen molar-refractivity contribution in [1.29, 1.82) is 0 Å². The molecule has 1 aliphatic carbocycles. The molecular formula is C32H39N7O3. The Balaban J connectivity index is 1.30. The average Bonchev–Trinajstić information content (AvgIpc) is 3.54. The van der Waals surface area contributed by atoms with Crippen LogP contribution in [0.3, 0.4) is 0 Å². The number of benzene rings is 1. The Bertz CT molecular complexity index is 1530. The number of methoxy groups -OCH3 is 1. The van der Waals surface area contributed by atoms with Crippen molar-refractivity contribution in [3.8, 4) is 16.9 Å². The molecule has 5 rings (SSSR count). The molecule has 1 aromatic carbocycles. The summed E-state index contributed by atoms with van der Waals surface area (Å²) in [6, 6.07) is 12.7. The molecule has 4 aromatic rings. The minimum absolute atomic E-state index is 0.0551. The van der Waals surface area contributed by atoms with Crippen LogP contribution in [0.25, 0.3) is 11.1 Å². The Morgan fingerprint density at radius 2 is 1.79 bits per heavy atom. The second-order valence-electron chi connectivity index (χ2n) is 11.3. The van der Waals surface area contributed by atoms with Crippen molar-refractivity contribution < 1.29 is 14.3 Å². The van der Waals surface area contributed by atoms with E-state index < -0.39 is 6.04 Å². The zero-order valence-corrected chi connectivity index (χ0v) is 24.9. The van der Waals surface area contributed by atoms with Gasteiger partial charge in [0.25, 0.3) is 5.91 Å². The molecule has 1 atom stereocenters. The molecule has 10 nitrogen and oxygen atoms in total. The van der Waals surface area contributed by atoms with Gasteiger partial charge >= 0.3 is 0 Å². The largest absolute Gasteiger partial charge is 0.497 e. The predicted molar refractivity (Wildman–Crippen MR) is 161 cm³/mol. The fourth-order valence-electron chi connectivity index (χ4n) is 5.82. The van der Waals surface area contributed by atoms with Gasteiger partial charge in [0.1, 0.15) is 23.3 Å². The molecule has 220 valence electrons. The van der Waals surface area contributed by atoms with Crippen LogP contribution in [-0.2, 0) is 18.4 Å². The van der Waals surface area contributed by atoms with Crippen molar-refractivity contribution in [2.75, 3.05) is 12.4 Å². The van der Waals surface area contributed by atoms with Gasteiger partial charge in [0.05, 0.1) is 19.3 Å². The number of amides is 2. The third kappa shape index (κ3) is 6.37.